The van der Waals surface area contributed by atoms with E-state index in [1.54, 1.807) is 0 Å². The number of anilines is 1. The molecule has 1 atom stereocenters. The molecule has 6 nitrogen and oxygen atoms in total. The summed E-state index contributed by atoms with van der Waals surface area (Å²) >= 11 is 0. The molecule has 3 aromatic rings. The highest BCUT2D eigenvalue weighted by molar-refractivity contribution is 5.75. The lowest BCUT2D eigenvalue weighted by molar-refractivity contribution is -0.120. The monoisotopic (exact) mass is 426 g/mol. The quantitative estimate of drug-likeness (QED) is 0.541. The molecule has 1 aromatic heterocycles. The average molecular weight is 426 g/mol. The number of benzene rings is 2. The van der Waals surface area contributed by atoms with Crippen molar-refractivity contribution in [2.45, 2.75) is 25.9 Å². The number of nitrogens with zero attached hydrogens (tertiary/aromatic N) is 2. The molecule has 0 spiro atoms. The summed E-state index contributed by atoms with van der Waals surface area (Å²) in [6, 6.07) is 11.6. The number of nitrogens with two attached hydrogens (primary N) is 1. The Balaban J connectivity index is 1.90. The van der Waals surface area contributed by atoms with Crippen molar-refractivity contribution >= 4 is 11.7 Å². The molecule has 0 aliphatic carbocycles. The maximum Gasteiger partial charge on any atom is 0.220 e. The Morgan fingerprint density at radius 3 is 2.68 bits per heavy atom. The lowest BCUT2D eigenvalue weighted by Gasteiger charge is -2.19. The first-order chi connectivity index (χ1) is 14.9. The third kappa shape index (κ3) is 5.82. The highest BCUT2D eigenvalue weighted by Gasteiger charge is 2.20. The van der Waals surface area contributed by atoms with Crippen molar-refractivity contribution in [1.82, 2.24) is 9.97 Å². The van der Waals surface area contributed by atoms with Gasteiger partial charge >= 0.3 is 0 Å². The van der Waals surface area contributed by atoms with Gasteiger partial charge in [0.1, 0.15) is 5.82 Å². The second kappa shape index (κ2) is 10.1. The second-order valence-corrected chi connectivity index (χ2v) is 7.19. The van der Waals surface area contributed by atoms with Crippen LogP contribution in [0.5, 0.6) is 0 Å². The molecule has 8 heteroatoms. The number of hydrogen-bond acceptors (Lipinski definition) is 5. The fraction of sp³-hybridized carbons (Fsp3) is 0.261. The molecule has 0 aliphatic heterocycles. The predicted molar refractivity (Wildman–Crippen MR) is 114 cm³/mol. The van der Waals surface area contributed by atoms with Crippen LogP contribution in [-0.2, 0) is 16.0 Å². The van der Waals surface area contributed by atoms with Crippen molar-refractivity contribution < 1.29 is 18.3 Å². The smallest absolute Gasteiger partial charge is 0.220 e. The molecular formula is C23H24F2N4O2. The number of aromatic nitrogens is 2. The Morgan fingerprint density at radius 2 is 2.00 bits per heavy atom. The van der Waals surface area contributed by atoms with E-state index in [-0.39, 0.29) is 12.2 Å². The topological polar surface area (TPSA) is 90.1 Å². The summed E-state index contributed by atoms with van der Waals surface area (Å²) in [5.74, 6) is -1.80. The Bertz CT molecular complexity index is 1080. The minimum absolute atomic E-state index is 0.0447. The molecule has 0 bridgehead atoms. The number of halogens is 2. The number of primary amides is 1. The zero-order valence-corrected chi connectivity index (χ0v) is 17.4. The fourth-order valence-electron chi connectivity index (χ4n) is 3.24. The molecule has 1 unspecified atom stereocenters. The minimum atomic E-state index is -0.984. The molecule has 0 saturated carbocycles. The number of hydrogen-bond donors (Lipinski definition) is 2. The van der Waals surface area contributed by atoms with Gasteiger partial charge < -0.3 is 15.8 Å². The van der Waals surface area contributed by atoms with Gasteiger partial charge in [0.25, 0.3) is 0 Å². The van der Waals surface area contributed by atoms with E-state index in [9.17, 15) is 13.6 Å². The highest BCUT2D eigenvalue weighted by Crippen LogP contribution is 2.28. The van der Waals surface area contributed by atoms with Gasteiger partial charge in [-0.1, -0.05) is 29.8 Å². The number of methoxy groups -OCH3 is 1. The first-order valence-corrected chi connectivity index (χ1v) is 9.80. The molecule has 0 aliphatic rings. The largest absolute Gasteiger partial charge is 0.376 e. The third-order valence-electron chi connectivity index (χ3n) is 4.80. The van der Waals surface area contributed by atoms with Crippen molar-refractivity contribution in [3.05, 3.63) is 77.0 Å². The van der Waals surface area contributed by atoms with Crippen LogP contribution >= 0.6 is 0 Å². The summed E-state index contributed by atoms with van der Waals surface area (Å²) in [6.45, 7) is 2.58. The number of ether oxygens (including phenoxy) is 1. The van der Waals surface area contributed by atoms with E-state index in [2.05, 4.69) is 21.4 Å². The average Bonchev–Trinajstić information content (AvgIpc) is 2.74. The van der Waals surface area contributed by atoms with Gasteiger partial charge in [-0.25, -0.2) is 18.7 Å². The van der Waals surface area contributed by atoms with Crippen molar-refractivity contribution in [3.8, 4) is 11.4 Å². The van der Waals surface area contributed by atoms with Gasteiger partial charge in [0.15, 0.2) is 17.5 Å². The van der Waals surface area contributed by atoms with Crippen LogP contribution in [0.4, 0.5) is 14.6 Å². The van der Waals surface area contributed by atoms with Crippen molar-refractivity contribution in [3.63, 3.8) is 0 Å². The number of carbonyl (C=O) groups is 1. The van der Waals surface area contributed by atoms with E-state index in [1.165, 1.54) is 24.9 Å². The van der Waals surface area contributed by atoms with Crippen LogP contribution in [0.2, 0.25) is 0 Å². The van der Waals surface area contributed by atoms with Crippen LogP contribution in [0.25, 0.3) is 11.4 Å². The van der Waals surface area contributed by atoms with Gasteiger partial charge in [-0.3, -0.25) is 4.79 Å². The number of amides is 1. The Labute approximate surface area is 179 Å². The molecule has 0 saturated heterocycles. The molecule has 0 radical (unpaired) electrons. The van der Waals surface area contributed by atoms with Crippen LogP contribution in [0.3, 0.4) is 0 Å². The van der Waals surface area contributed by atoms with Crippen LogP contribution in [0.15, 0.2) is 48.7 Å². The SMILES string of the molecule is COC(CC(N)=O)c1cnc(-c2ccc(F)c(F)c2)nc1NCCc1cccc(C)c1. The van der Waals surface area contributed by atoms with Gasteiger partial charge in [-0.05, 0) is 37.1 Å². The zero-order valence-electron chi connectivity index (χ0n) is 17.4. The summed E-state index contributed by atoms with van der Waals surface area (Å²) in [4.78, 5) is 20.2. The molecule has 1 amide bonds. The minimum Gasteiger partial charge on any atom is -0.376 e. The Morgan fingerprint density at radius 1 is 1.19 bits per heavy atom. The lowest BCUT2D eigenvalue weighted by atomic mass is 10.1. The van der Waals surface area contributed by atoms with Gasteiger partial charge in [0.2, 0.25) is 5.91 Å². The summed E-state index contributed by atoms with van der Waals surface area (Å²) < 4.78 is 32.4. The number of nitrogens with one attached hydrogen (secondary N) is 1. The fourth-order valence-corrected chi connectivity index (χ4v) is 3.24. The first kappa shape index (κ1) is 22.3. The molecule has 162 valence electrons. The van der Waals surface area contributed by atoms with Gasteiger partial charge in [-0.15, -0.1) is 0 Å². The van der Waals surface area contributed by atoms with Crippen molar-refractivity contribution in [1.29, 1.82) is 0 Å². The summed E-state index contributed by atoms with van der Waals surface area (Å²) in [6.07, 6.45) is 1.56. The third-order valence-corrected chi connectivity index (χ3v) is 4.80. The first-order valence-electron chi connectivity index (χ1n) is 9.80. The standard InChI is InChI=1S/C23H24F2N4O2/c1-14-4-3-5-15(10-14)8-9-27-23-17(20(31-2)12-21(26)30)13-28-22(29-23)16-6-7-18(24)19(25)11-16/h3-7,10-11,13,20H,8-9,12H2,1-2H3,(H2,26,30)(H,27,28,29). The van der Waals surface area contributed by atoms with E-state index in [4.69, 9.17) is 10.5 Å². The molecule has 0 fully saturated rings. The maximum absolute atomic E-state index is 13.7. The summed E-state index contributed by atoms with van der Waals surface area (Å²) in [5, 5.41) is 3.25. The van der Waals surface area contributed by atoms with E-state index in [0.29, 0.717) is 23.5 Å². The van der Waals surface area contributed by atoms with Crippen LogP contribution in [-0.4, -0.2) is 29.5 Å². The molecule has 1 heterocycles. The van der Waals surface area contributed by atoms with Gasteiger partial charge in [0, 0.05) is 31.0 Å². The van der Waals surface area contributed by atoms with E-state index < -0.39 is 23.6 Å². The normalized spacial score (nSPS) is 11.9. The van der Waals surface area contributed by atoms with E-state index >= 15 is 0 Å². The second-order valence-electron chi connectivity index (χ2n) is 7.19. The number of aryl methyl sites for hydroxylation is 1. The number of rotatable bonds is 9. The van der Waals surface area contributed by atoms with E-state index in [1.807, 2.05) is 25.1 Å². The van der Waals surface area contributed by atoms with Crippen LogP contribution in [0, 0.1) is 18.6 Å². The number of carbonyl (C=O) groups excluding carboxylic acids is 1. The zero-order chi connectivity index (χ0) is 22.4. The molecule has 31 heavy (non-hydrogen) atoms. The lowest BCUT2D eigenvalue weighted by Crippen LogP contribution is -2.19. The van der Waals surface area contributed by atoms with Crippen molar-refractivity contribution in [2.75, 3.05) is 19.0 Å². The molecular weight excluding hydrogens is 402 g/mol. The molecule has 3 rings (SSSR count). The van der Waals surface area contributed by atoms with Gasteiger partial charge in [-0.2, -0.15) is 0 Å². The molecule has 3 N–H and O–H groups in total. The Kier molecular flexibility index (Phi) is 7.25. The Hall–Kier alpha value is -3.39. The maximum atomic E-state index is 13.7. The van der Waals surface area contributed by atoms with Crippen molar-refractivity contribution in [2.24, 2.45) is 5.73 Å². The highest BCUT2D eigenvalue weighted by atomic mass is 19.2. The van der Waals surface area contributed by atoms with Crippen LogP contribution in [0.1, 0.15) is 29.2 Å². The summed E-state index contributed by atoms with van der Waals surface area (Å²) in [5.41, 5.74) is 8.55. The van der Waals surface area contributed by atoms with E-state index in [0.717, 1.165) is 24.1 Å². The predicted octanol–water partition coefficient (Wildman–Crippen LogP) is 3.95. The van der Waals surface area contributed by atoms with Gasteiger partial charge in [0.05, 0.1) is 12.5 Å². The molecule has 2 aromatic carbocycles. The summed E-state index contributed by atoms with van der Waals surface area (Å²) in [7, 11) is 1.47. The van der Waals surface area contributed by atoms with Crippen LogP contribution < -0.4 is 11.1 Å².